The SMILES string of the molecule is CC(CN=C(NS(=O)(=O)c1ccc(Cl)cc1)N1C[C@@H](c2ccccc2)C(c2ccc(F)cc2)=N1)NS(N)(=O)=O. The van der Waals surface area contributed by atoms with Gasteiger partial charge in [-0.3, -0.25) is 0 Å². The Hall–Kier alpha value is -3.36. The molecule has 0 aliphatic carbocycles. The van der Waals surface area contributed by atoms with Crippen LogP contribution < -0.4 is 14.6 Å². The maximum absolute atomic E-state index is 13.7. The number of hydrogen-bond acceptors (Lipinski definition) is 6. The first-order chi connectivity index (χ1) is 18.4. The monoisotopic (exact) mass is 592 g/mol. The zero-order chi connectivity index (χ0) is 28.2. The molecule has 3 aromatic carbocycles. The molecule has 0 fully saturated rings. The molecule has 0 aromatic heterocycles. The Morgan fingerprint density at radius 3 is 2.33 bits per heavy atom. The number of rotatable bonds is 8. The van der Waals surface area contributed by atoms with Crippen LogP contribution >= 0.6 is 11.6 Å². The zero-order valence-corrected chi connectivity index (χ0v) is 23.1. The maximum Gasteiger partial charge on any atom is 0.274 e. The molecule has 3 aromatic rings. The Morgan fingerprint density at radius 1 is 1.08 bits per heavy atom. The summed E-state index contributed by atoms with van der Waals surface area (Å²) in [7, 11) is -8.14. The molecule has 0 spiro atoms. The number of nitrogens with two attached hydrogens (primary N) is 1. The van der Waals surface area contributed by atoms with Crippen LogP contribution in [-0.2, 0) is 20.2 Å². The van der Waals surface area contributed by atoms with Crippen molar-refractivity contribution < 1.29 is 21.2 Å². The highest BCUT2D eigenvalue weighted by molar-refractivity contribution is 7.90. The van der Waals surface area contributed by atoms with Crippen LogP contribution in [0.2, 0.25) is 5.02 Å². The number of halogens is 2. The summed E-state index contributed by atoms with van der Waals surface area (Å²) in [5.41, 5.74) is 2.14. The number of nitrogens with zero attached hydrogens (tertiary/aromatic N) is 3. The van der Waals surface area contributed by atoms with Gasteiger partial charge in [0.25, 0.3) is 20.2 Å². The normalized spacial score (nSPS) is 17.1. The summed E-state index contributed by atoms with van der Waals surface area (Å²) in [5.74, 6) is -0.840. The number of sulfonamides is 1. The third kappa shape index (κ3) is 7.61. The maximum atomic E-state index is 13.7. The predicted octanol–water partition coefficient (Wildman–Crippen LogP) is 2.80. The quantitative estimate of drug-likeness (QED) is 0.272. The van der Waals surface area contributed by atoms with Crippen LogP contribution in [0.5, 0.6) is 0 Å². The van der Waals surface area contributed by atoms with Crippen LogP contribution in [0.15, 0.2) is 93.9 Å². The van der Waals surface area contributed by atoms with Crippen molar-refractivity contribution in [1.29, 1.82) is 0 Å². The Bertz CT molecular complexity index is 1580. The van der Waals surface area contributed by atoms with Gasteiger partial charge in [0, 0.05) is 17.0 Å². The molecule has 2 atom stereocenters. The minimum absolute atomic E-state index is 0.0585. The number of benzene rings is 3. The molecule has 0 radical (unpaired) electrons. The second kappa shape index (κ2) is 11.8. The number of hydrazone groups is 1. The molecule has 4 rings (SSSR count). The van der Waals surface area contributed by atoms with Crippen molar-refractivity contribution in [3.63, 3.8) is 0 Å². The van der Waals surface area contributed by atoms with E-state index in [1.54, 1.807) is 12.1 Å². The van der Waals surface area contributed by atoms with Crippen LogP contribution in [0.1, 0.15) is 24.0 Å². The van der Waals surface area contributed by atoms with Crippen LogP contribution in [0.3, 0.4) is 0 Å². The van der Waals surface area contributed by atoms with E-state index in [0.29, 0.717) is 16.3 Å². The third-order valence-electron chi connectivity index (χ3n) is 5.73. The van der Waals surface area contributed by atoms with Crippen molar-refractivity contribution in [1.82, 2.24) is 14.5 Å². The number of nitrogens with one attached hydrogen (secondary N) is 2. The molecule has 39 heavy (non-hydrogen) atoms. The topological polar surface area (TPSA) is 146 Å². The number of hydrogen-bond donors (Lipinski definition) is 3. The summed E-state index contributed by atoms with van der Waals surface area (Å²) in [6.07, 6.45) is 0. The molecular formula is C25H26ClFN6O4S2. The van der Waals surface area contributed by atoms with Gasteiger partial charge in [-0.15, -0.1) is 0 Å². The summed E-state index contributed by atoms with van der Waals surface area (Å²) in [6, 6.07) is 20.1. The summed E-state index contributed by atoms with van der Waals surface area (Å²) >= 11 is 5.91. The van der Waals surface area contributed by atoms with E-state index >= 15 is 0 Å². The third-order valence-corrected chi connectivity index (χ3v) is 8.06. The van der Waals surface area contributed by atoms with E-state index in [9.17, 15) is 21.2 Å². The van der Waals surface area contributed by atoms with E-state index in [2.05, 4.69) is 19.5 Å². The fourth-order valence-corrected chi connectivity index (χ4v) is 5.75. The summed E-state index contributed by atoms with van der Waals surface area (Å²) in [6.45, 7) is 1.59. The fourth-order valence-electron chi connectivity index (χ4n) is 3.96. The molecule has 10 nitrogen and oxygen atoms in total. The fraction of sp³-hybridized carbons (Fsp3) is 0.200. The van der Waals surface area contributed by atoms with Gasteiger partial charge in [0.1, 0.15) is 5.82 Å². The van der Waals surface area contributed by atoms with Gasteiger partial charge in [0.2, 0.25) is 5.96 Å². The van der Waals surface area contributed by atoms with E-state index in [4.69, 9.17) is 16.7 Å². The lowest BCUT2D eigenvalue weighted by atomic mass is 9.91. The Balaban J connectivity index is 1.73. The smallest absolute Gasteiger partial charge is 0.249 e. The Kier molecular flexibility index (Phi) is 8.67. The molecule has 0 saturated heterocycles. The number of guanidine groups is 1. The van der Waals surface area contributed by atoms with Crippen LogP contribution in [0.4, 0.5) is 4.39 Å². The summed E-state index contributed by atoms with van der Waals surface area (Å²) in [4.78, 5) is 4.31. The van der Waals surface area contributed by atoms with Crippen molar-refractivity contribution in [2.45, 2.75) is 23.8 Å². The second-order valence-electron chi connectivity index (χ2n) is 8.83. The molecule has 14 heteroatoms. The lowest BCUT2D eigenvalue weighted by Crippen LogP contribution is -2.43. The molecule has 206 valence electrons. The molecule has 1 heterocycles. The first-order valence-electron chi connectivity index (χ1n) is 11.7. The van der Waals surface area contributed by atoms with Gasteiger partial charge in [-0.1, -0.05) is 54.1 Å². The molecular weight excluding hydrogens is 567 g/mol. The highest BCUT2D eigenvalue weighted by Crippen LogP contribution is 2.29. The van der Waals surface area contributed by atoms with Crippen LogP contribution in [-0.4, -0.2) is 52.6 Å². The average Bonchev–Trinajstić information content (AvgIpc) is 3.32. The van der Waals surface area contributed by atoms with E-state index in [1.165, 1.54) is 48.3 Å². The summed E-state index contributed by atoms with van der Waals surface area (Å²) < 4.78 is 67.7. The molecule has 1 unspecified atom stereocenters. The van der Waals surface area contributed by atoms with Crippen molar-refractivity contribution in [3.05, 3.63) is 101 Å². The summed E-state index contributed by atoms with van der Waals surface area (Å²) in [5, 5.41) is 11.5. The first kappa shape index (κ1) is 28.6. The average molecular weight is 593 g/mol. The minimum atomic E-state index is -4.13. The van der Waals surface area contributed by atoms with Gasteiger partial charge in [-0.25, -0.2) is 32.7 Å². The first-order valence-corrected chi connectivity index (χ1v) is 15.1. The molecule has 0 saturated carbocycles. The molecule has 1 aliphatic rings. The van der Waals surface area contributed by atoms with Crippen LogP contribution in [0.25, 0.3) is 0 Å². The van der Waals surface area contributed by atoms with Crippen molar-refractivity contribution in [2.75, 3.05) is 13.1 Å². The van der Waals surface area contributed by atoms with Gasteiger partial charge < -0.3 is 0 Å². The lowest BCUT2D eigenvalue weighted by molar-refractivity contribution is 0.459. The van der Waals surface area contributed by atoms with E-state index in [0.717, 1.165) is 5.56 Å². The molecule has 0 amide bonds. The van der Waals surface area contributed by atoms with E-state index < -0.39 is 32.1 Å². The lowest BCUT2D eigenvalue weighted by Gasteiger charge is -2.20. The van der Waals surface area contributed by atoms with Crippen molar-refractivity contribution in [2.24, 2.45) is 15.2 Å². The largest absolute Gasteiger partial charge is 0.274 e. The van der Waals surface area contributed by atoms with Gasteiger partial charge in [0.05, 0.1) is 23.7 Å². The predicted molar refractivity (Wildman–Crippen MR) is 149 cm³/mol. The van der Waals surface area contributed by atoms with E-state index in [-0.39, 0.29) is 29.9 Å². The van der Waals surface area contributed by atoms with Crippen molar-refractivity contribution >= 4 is 43.5 Å². The Labute approximate surface area is 231 Å². The second-order valence-corrected chi connectivity index (χ2v) is 12.3. The number of aliphatic imine (C=N–C) groups is 1. The molecule has 0 bridgehead atoms. The standard InChI is InChI=1S/C25H26ClFN6O4S2/c1-17(31-39(28,36)37)15-29-25(32-38(34,35)22-13-9-20(26)10-14-22)33-16-23(18-5-3-2-4-6-18)24(30-33)19-7-11-21(27)12-8-19/h2-14,17,23,31H,15-16H2,1H3,(H,29,32)(H2,28,36,37)/t17?,23-/m0/s1. The molecule has 1 aliphatic heterocycles. The molecule has 4 N–H and O–H groups in total. The zero-order valence-electron chi connectivity index (χ0n) is 20.7. The highest BCUT2D eigenvalue weighted by atomic mass is 35.5. The van der Waals surface area contributed by atoms with Gasteiger partial charge in [-0.2, -0.15) is 18.2 Å². The van der Waals surface area contributed by atoms with Gasteiger partial charge in [0.15, 0.2) is 0 Å². The van der Waals surface area contributed by atoms with Gasteiger partial charge in [-0.05, 0) is 54.4 Å². The Morgan fingerprint density at radius 2 is 1.72 bits per heavy atom. The van der Waals surface area contributed by atoms with E-state index in [1.807, 2.05) is 30.3 Å². The van der Waals surface area contributed by atoms with Crippen molar-refractivity contribution in [3.8, 4) is 0 Å². The highest BCUT2D eigenvalue weighted by Gasteiger charge is 2.33. The minimum Gasteiger partial charge on any atom is -0.249 e. The van der Waals surface area contributed by atoms with Crippen LogP contribution in [0, 0.1) is 5.82 Å². The van der Waals surface area contributed by atoms with Gasteiger partial charge >= 0.3 is 0 Å².